The Morgan fingerprint density at radius 2 is 2.00 bits per heavy atom. The number of aromatic nitrogens is 1. The lowest BCUT2D eigenvalue weighted by atomic mass is 10.2. The van der Waals surface area contributed by atoms with E-state index in [4.69, 9.17) is 4.74 Å². The Hall–Kier alpha value is -2.23. The molecule has 0 amide bonds. The topological polar surface area (TPSA) is 37.4 Å². The van der Waals surface area contributed by atoms with Gasteiger partial charge < -0.3 is 15.0 Å². The van der Waals surface area contributed by atoms with Crippen molar-refractivity contribution in [3.8, 4) is 5.75 Å². The van der Waals surface area contributed by atoms with Crippen molar-refractivity contribution in [2.24, 2.45) is 0 Å². The number of rotatable bonds is 5. The fourth-order valence-electron chi connectivity index (χ4n) is 1.97. The van der Waals surface area contributed by atoms with Crippen LogP contribution in [0.3, 0.4) is 0 Å². The SMILES string of the molecule is CNc1ccc(CN(C)c2ccccc2OC)cn1. The molecule has 0 aliphatic rings. The Labute approximate surface area is 114 Å². The van der Waals surface area contributed by atoms with Gasteiger partial charge in [0.25, 0.3) is 0 Å². The highest BCUT2D eigenvalue weighted by atomic mass is 16.5. The largest absolute Gasteiger partial charge is 0.495 e. The third-order valence-corrected chi connectivity index (χ3v) is 3.00. The van der Waals surface area contributed by atoms with Crippen LogP contribution in [-0.2, 0) is 6.54 Å². The maximum Gasteiger partial charge on any atom is 0.142 e. The van der Waals surface area contributed by atoms with Gasteiger partial charge in [0.05, 0.1) is 12.8 Å². The minimum atomic E-state index is 0.789. The molecule has 0 bridgehead atoms. The minimum absolute atomic E-state index is 0.789. The van der Waals surface area contributed by atoms with Gasteiger partial charge in [-0.2, -0.15) is 0 Å². The smallest absolute Gasteiger partial charge is 0.142 e. The van der Waals surface area contributed by atoms with E-state index in [1.165, 1.54) is 0 Å². The van der Waals surface area contributed by atoms with Crippen molar-refractivity contribution in [1.82, 2.24) is 4.98 Å². The van der Waals surface area contributed by atoms with Gasteiger partial charge in [0.2, 0.25) is 0 Å². The van der Waals surface area contributed by atoms with E-state index < -0.39 is 0 Å². The average Bonchev–Trinajstić information content (AvgIpc) is 2.48. The molecule has 19 heavy (non-hydrogen) atoms. The molecule has 0 aliphatic carbocycles. The highest BCUT2D eigenvalue weighted by Gasteiger charge is 2.07. The number of para-hydroxylation sites is 2. The molecule has 0 spiro atoms. The standard InChI is InChI=1S/C15H19N3O/c1-16-15-9-8-12(10-17-15)11-18(2)13-6-4-5-7-14(13)19-3/h4-10H,11H2,1-3H3,(H,16,17). The number of anilines is 2. The number of nitrogens with zero attached hydrogens (tertiary/aromatic N) is 2. The molecule has 1 heterocycles. The van der Waals surface area contributed by atoms with Crippen molar-refractivity contribution < 1.29 is 4.74 Å². The Kier molecular flexibility index (Phi) is 4.23. The van der Waals surface area contributed by atoms with E-state index in [1.807, 2.05) is 50.6 Å². The summed E-state index contributed by atoms with van der Waals surface area (Å²) in [7, 11) is 5.60. The Bertz CT molecular complexity index is 525. The lowest BCUT2D eigenvalue weighted by Crippen LogP contribution is -2.17. The molecule has 0 saturated heterocycles. The first-order valence-electron chi connectivity index (χ1n) is 6.21. The van der Waals surface area contributed by atoms with E-state index in [2.05, 4.69) is 21.3 Å². The normalized spacial score (nSPS) is 10.1. The van der Waals surface area contributed by atoms with Crippen LogP contribution in [0.25, 0.3) is 0 Å². The number of pyridine rings is 1. The highest BCUT2D eigenvalue weighted by molar-refractivity contribution is 5.58. The molecule has 0 radical (unpaired) electrons. The highest BCUT2D eigenvalue weighted by Crippen LogP contribution is 2.27. The van der Waals surface area contributed by atoms with Gasteiger partial charge in [-0.15, -0.1) is 0 Å². The molecule has 0 unspecified atom stereocenters. The summed E-state index contributed by atoms with van der Waals surface area (Å²) < 4.78 is 5.37. The Balaban J connectivity index is 2.13. The van der Waals surface area contributed by atoms with Crippen LogP contribution in [0.4, 0.5) is 11.5 Å². The summed E-state index contributed by atoms with van der Waals surface area (Å²) in [6.45, 7) is 0.789. The summed E-state index contributed by atoms with van der Waals surface area (Å²) in [6.07, 6.45) is 1.89. The summed E-state index contributed by atoms with van der Waals surface area (Å²) in [6, 6.07) is 12.1. The molecule has 2 aromatic rings. The number of hydrogen-bond donors (Lipinski definition) is 1. The molecule has 1 aromatic carbocycles. The molecule has 0 atom stereocenters. The van der Waals surface area contributed by atoms with Crippen LogP contribution < -0.4 is 15.0 Å². The first-order valence-corrected chi connectivity index (χ1v) is 6.21. The zero-order valence-electron chi connectivity index (χ0n) is 11.6. The molecule has 0 saturated carbocycles. The summed E-state index contributed by atoms with van der Waals surface area (Å²) in [5.41, 5.74) is 2.23. The van der Waals surface area contributed by atoms with E-state index in [0.29, 0.717) is 0 Å². The summed E-state index contributed by atoms with van der Waals surface area (Å²) in [4.78, 5) is 6.47. The third-order valence-electron chi connectivity index (χ3n) is 3.00. The molecule has 4 nitrogen and oxygen atoms in total. The number of hydrogen-bond acceptors (Lipinski definition) is 4. The van der Waals surface area contributed by atoms with Gasteiger partial charge in [-0.25, -0.2) is 4.98 Å². The van der Waals surface area contributed by atoms with Gasteiger partial charge in [0.15, 0.2) is 0 Å². The minimum Gasteiger partial charge on any atom is -0.495 e. The maximum absolute atomic E-state index is 5.37. The van der Waals surface area contributed by atoms with Gasteiger partial charge in [-0.3, -0.25) is 0 Å². The van der Waals surface area contributed by atoms with Crippen LogP contribution in [0.5, 0.6) is 5.75 Å². The van der Waals surface area contributed by atoms with Crippen molar-refractivity contribution in [3.05, 3.63) is 48.2 Å². The molecule has 100 valence electrons. The fraction of sp³-hybridized carbons (Fsp3) is 0.267. The summed E-state index contributed by atoms with van der Waals surface area (Å²) >= 11 is 0. The number of nitrogens with one attached hydrogen (secondary N) is 1. The van der Waals surface area contributed by atoms with Crippen molar-refractivity contribution in [2.75, 3.05) is 31.4 Å². The van der Waals surface area contributed by atoms with Crippen molar-refractivity contribution >= 4 is 11.5 Å². The first kappa shape index (κ1) is 13.2. The Morgan fingerprint density at radius 3 is 2.63 bits per heavy atom. The van der Waals surface area contributed by atoms with Crippen molar-refractivity contribution in [1.29, 1.82) is 0 Å². The van der Waals surface area contributed by atoms with Crippen LogP contribution >= 0.6 is 0 Å². The van der Waals surface area contributed by atoms with E-state index in [0.717, 1.165) is 29.4 Å². The third kappa shape index (κ3) is 3.16. The molecule has 1 N–H and O–H groups in total. The zero-order valence-corrected chi connectivity index (χ0v) is 11.6. The molecule has 1 aromatic heterocycles. The van der Waals surface area contributed by atoms with E-state index >= 15 is 0 Å². The monoisotopic (exact) mass is 257 g/mol. The second kappa shape index (κ2) is 6.09. The zero-order chi connectivity index (χ0) is 13.7. The van der Waals surface area contributed by atoms with Gasteiger partial charge >= 0.3 is 0 Å². The maximum atomic E-state index is 5.37. The number of ether oxygens (including phenoxy) is 1. The van der Waals surface area contributed by atoms with Crippen molar-refractivity contribution in [3.63, 3.8) is 0 Å². The predicted octanol–water partition coefficient (Wildman–Crippen LogP) is 2.77. The van der Waals surface area contributed by atoms with Crippen LogP contribution in [0.2, 0.25) is 0 Å². The second-order valence-corrected chi connectivity index (χ2v) is 4.33. The molecular formula is C15H19N3O. The number of methoxy groups -OCH3 is 1. The summed E-state index contributed by atoms with van der Waals surface area (Å²) in [5, 5.41) is 3.01. The molecule has 2 rings (SSSR count). The molecule has 0 aliphatic heterocycles. The lowest BCUT2D eigenvalue weighted by molar-refractivity contribution is 0.415. The summed E-state index contributed by atoms with van der Waals surface area (Å²) in [5.74, 6) is 1.76. The molecule has 0 fully saturated rings. The van der Waals surface area contributed by atoms with E-state index in [-0.39, 0.29) is 0 Å². The fourth-order valence-corrected chi connectivity index (χ4v) is 1.97. The van der Waals surface area contributed by atoms with Crippen LogP contribution in [0, 0.1) is 0 Å². The van der Waals surface area contributed by atoms with Gasteiger partial charge in [-0.05, 0) is 23.8 Å². The average molecular weight is 257 g/mol. The first-order chi connectivity index (χ1) is 9.24. The molecule has 4 heteroatoms. The second-order valence-electron chi connectivity index (χ2n) is 4.33. The Morgan fingerprint density at radius 1 is 1.21 bits per heavy atom. The lowest BCUT2D eigenvalue weighted by Gasteiger charge is -2.21. The van der Waals surface area contributed by atoms with Crippen molar-refractivity contribution in [2.45, 2.75) is 6.54 Å². The van der Waals surface area contributed by atoms with Crippen LogP contribution in [0.1, 0.15) is 5.56 Å². The van der Waals surface area contributed by atoms with Gasteiger partial charge in [0.1, 0.15) is 11.6 Å². The van der Waals surface area contributed by atoms with Crippen LogP contribution in [0.15, 0.2) is 42.6 Å². The van der Waals surface area contributed by atoms with Crippen LogP contribution in [-0.4, -0.2) is 26.2 Å². The van der Waals surface area contributed by atoms with Gasteiger partial charge in [0, 0.05) is 26.8 Å². The van der Waals surface area contributed by atoms with E-state index in [9.17, 15) is 0 Å². The number of benzene rings is 1. The molecular weight excluding hydrogens is 238 g/mol. The predicted molar refractivity (Wildman–Crippen MR) is 78.9 cm³/mol. The quantitative estimate of drug-likeness (QED) is 0.893. The van der Waals surface area contributed by atoms with E-state index in [1.54, 1.807) is 7.11 Å². The van der Waals surface area contributed by atoms with Gasteiger partial charge in [-0.1, -0.05) is 18.2 Å².